The normalized spacial score (nSPS) is 16.1. The van der Waals surface area contributed by atoms with Gasteiger partial charge in [0.05, 0.1) is 12.6 Å². The predicted octanol–water partition coefficient (Wildman–Crippen LogP) is 3.52. The van der Waals surface area contributed by atoms with Gasteiger partial charge in [0.2, 0.25) is 0 Å². The fourth-order valence-electron chi connectivity index (χ4n) is 4.00. The molecule has 2 heterocycles. The molecule has 1 saturated heterocycles. The van der Waals surface area contributed by atoms with Crippen LogP contribution in [0.5, 0.6) is 0 Å². The molecular weight excluding hydrogens is 367 g/mol. The number of halogens is 1. The maximum atomic E-state index is 13.2. The Morgan fingerprint density at radius 3 is 2.38 bits per heavy atom. The van der Waals surface area contributed by atoms with Crippen molar-refractivity contribution in [1.29, 1.82) is 0 Å². The van der Waals surface area contributed by atoms with E-state index < -0.39 is 0 Å². The average molecular weight is 394 g/mol. The second-order valence-electron chi connectivity index (χ2n) is 7.48. The molecule has 0 bridgehead atoms. The van der Waals surface area contributed by atoms with Gasteiger partial charge in [-0.1, -0.05) is 43.7 Å². The monoisotopic (exact) mass is 394 g/mol. The minimum atomic E-state index is -0.231. The molecule has 0 amide bonds. The number of nitrogens with zero attached hydrogens (tertiary/aromatic N) is 6. The molecule has 1 aliphatic rings. The van der Waals surface area contributed by atoms with Gasteiger partial charge in [-0.25, -0.2) is 9.07 Å². The van der Waals surface area contributed by atoms with E-state index in [2.05, 4.69) is 62.6 Å². The van der Waals surface area contributed by atoms with Crippen molar-refractivity contribution in [3.05, 3.63) is 71.8 Å². The Bertz CT molecular complexity index is 887. The highest BCUT2D eigenvalue weighted by atomic mass is 19.1. The van der Waals surface area contributed by atoms with Crippen molar-refractivity contribution in [1.82, 2.24) is 25.1 Å². The number of anilines is 1. The van der Waals surface area contributed by atoms with E-state index in [0.29, 0.717) is 6.54 Å². The van der Waals surface area contributed by atoms with Crippen LogP contribution in [0.2, 0.25) is 0 Å². The van der Waals surface area contributed by atoms with Crippen LogP contribution < -0.4 is 4.90 Å². The summed E-state index contributed by atoms with van der Waals surface area (Å²) in [6.07, 6.45) is 2.07. The molecule has 0 spiro atoms. The predicted molar refractivity (Wildman–Crippen MR) is 111 cm³/mol. The van der Waals surface area contributed by atoms with Gasteiger partial charge < -0.3 is 4.90 Å². The number of benzene rings is 2. The number of hydrogen-bond donors (Lipinski definition) is 0. The number of hydrogen-bond acceptors (Lipinski definition) is 5. The maximum absolute atomic E-state index is 13.2. The van der Waals surface area contributed by atoms with Crippen LogP contribution in [-0.2, 0) is 6.54 Å². The molecule has 3 aromatic rings. The van der Waals surface area contributed by atoms with Crippen molar-refractivity contribution in [2.24, 2.45) is 0 Å². The Labute approximate surface area is 170 Å². The maximum Gasteiger partial charge on any atom is 0.168 e. The third-order valence-electron chi connectivity index (χ3n) is 5.54. The number of tetrazole rings is 1. The first-order valence-electron chi connectivity index (χ1n) is 10.3. The highest BCUT2D eigenvalue weighted by Gasteiger charge is 2.28. The van der Waals surface area contributed by atoms with Crippen molar-refractivity contribution in [3.63, 3.8) is 0 Å². The van der Waals surface area contributed by atoms with Crippen molar-refractivity contribution >= 4 is 5.69 Å². The molecule has 2 aromatic carbocycles. The second kappa shape index (κ2) is 9.13. The Morgan fingerprint density at radius 1 is 0.966 bits per heavy atom. The van der Waals surface area contributed by atoms with Crippen LogP contribution in [0.25, 0.3) is 0 Å². The van der Waals surface area contributed by atoms with Crippen LogP contribution in [0.1, 0.15) is 37.2 Å². The van der Waals surface area contributed by atoms with Gasteiger partial charge >= 0.3 is 0 Å². The quantitative estimate of drug-likeness (QED) is 0.614. The van der Waals surface area contributed by atoms with Gasteiger partial charge in [0, 0.05) is 31.9 Å². The summed E-state index contributed by atoms with van der Waals surface area (Å²) in [5.74, 6) is 0.662. The lowest BCUT2D eigenvalue weighted by atomic mass is 10.1. The Morgan fingerprint density at radius 2 is 1.69 bits per heavy atom. The zero-order valence-corrected chi connectivity index (χ0v) is 16.8. The number of aromatic nitrogens is 4. The SMILES string of the molecule is CCC[C@H](c1nnnn1Cc1ccc(F)cc1)N1CCN(c2ccccc2)CC1. The van der Waals surface area contributed by atoms with Crippen molar-refractivity contribution in [2.75, 3.05) is 31.1 Å². The molecule has 0 aliphatic carbocycles. The zero-order chi connectivity index (χ0) is 20.1. The molecule has 1 aromatic heterocycles. The standard InChI is InChI=1S/C22H27FN6/c1-2-6-21(28-15-13-27(14-16-28)20-7-4-3-5-8-20)22-24-25-26-29(22)17-18-9-11-19(23)12-10-18/h3-5,7-12,21H,2,6,13-17H2,1H3/t21-/m1/s1. The summed E-state index contributed by atoms with van der Waals surface area (Å²) >= 11 is 0. The van der Waals surface area contributed by atoms with Crippen molar-refractivity contribution in [2.45, 2.75) is 32.4 Å². The van der Waals surface area contributed by atoms with Crippen LogP contribution in [-0.4, -0.2) is 51.3 Å². The van der Waals surface area contributed by atoms with E-state index in [1.165, 1.54) is 17.8 Å². The van der Waals surface area contributed by atoms with Crippen LogP contribution >= 0.6 is 0 Å². The van der Waals surface area contributed by atoms with E-state index in [0.717, 1.165) is 50.4 Å². The second-order valence-corrected chi connectivity index (χ2v) is 7.48. The largest absolute Gasteiger partial charge is 0.369 e. The zero-order valence-electron chi connectivity index (χ0n) is 16.8. The molecule has 1 aliphatic heterocycles. The van der Waals surface area contributed by atoms with Crippen LogP contribution in [0, 0.1) is 5.82 Å². The third kappa shape index (κ3) is 4.62. The molecule has 0 radical (unpaired) electrons. The minimum Gasteiger partial charge on any atom is -0.369 e. The molecular formula is C22H27FN6. The molecule has 29 heavy (non-hydrogen) atoms. The first kappa shape index (κ1) is 19.5. The van der Waals surface area contributed by atoms with Gasteiger partial charge in [0.1, 0.15) is 5.82 Å². The van der Waals surface area contributed by atoms with Crippen LogP contribution in [0.4, 0.5) is 10.1 Å². The lowest BCUT2D eigenvalue weighted by Crippen LogP contribution is -2.48. The summed E-state index contributed by atoms with van der Waals surface area (Å²) in [5, 5.41) is 12.5. The van der Waals surface area contributed by atoms with Gasteiger partial charge in [-0.05, 0) is 46.7 Å². The lowest BCUT2D eigenvalue weighted by molar-refractivity contribution is 0.164. The molecule has 4 rings (SSSR count). The highest BCUT2D eigenvalue weighted by Crippen LogP contribution is 2.27. The molecule has 6 nitrogen and oxygen atoms in total. The topological polar surface area (TPSA) is 50.1 Å². The third-order valence-corrected chi connectivity index (χ3v) is 5.54. The van der Waals surface area contributed by atoms with Crippen molar-refractivity contribution in [3.8, 4) is 0 Å². The van der Waals surface area contributed by atoms with Crippen LogP contribution in [0.15, 0.2) is 54.6 Å². The number of piperazine rings is 1. The first-order valence-corrected chi connectivity index (χ1v) is 10.3. The van der Waals surface area contributed by atoms with Gasteiger partial charge in [-0.15, -0.1) is 5.10 Å². The molecule has 0 saturated carbocycles. The summed E-state index contributed by atoms with van der Waals surface area (Å²) in [4.78, 5) is 4.93. The van der Waals surface area contributed by atoms with E-state index in [4.69, 9.17) is 0 Å². The average Bonchev–Trinajstić information content (AvgIpc) is 3.22. The van der Waals surface area contributed by atoms with E-state index in [1.807, 2.05) is 4.68 Å². The number of para-hydroxylation sites is 1. The molecule has 152 valence electrons. The Balaban J connectivity index is 1.47. The Hall–Kier alpha value is -2.80. The van der Waals surface area contributed by atoms with Gasteiger partial charge in [0.25, 0.3) is 0 Å². The van der Waals surface area contributed by atoms with Crippen LogP contribution in [0.3, 0.4) is 0 Å². The van der Waals surface area contributed by atoms with E-state index in [9.17, 15) is 4.39 Å². The molecule has 0 N–H and O–H groups in total. The summed E-state index contributed by atoms with van der Waals surface area (Å²) in [7, 11) is 0. The molecule has 1 atom stereocenters. The molecule has 1 fully saturated rings. The smallest absolute Gasteiger partial charge is 0.168 e. The van der Waals surface area contributed by atoms with Gasteiger partial charge in [-0.2, -0.15) is 0 Å². The van der Waals surface area contributed by atoms with E-state index in [1.54, 1.807) is 12.1 Å². The lowest BCUT2D eigenvalue weighted by Gasteiger charge is -2.39. The number of rotatable bonds is 7. The minimum absolute atomic E-state index is 0.188. The fraction of sp³-hybridized carbons (Fsp3) is 0.409. The Kier molecular flexibility index (Phi) is 6.14. The van der Waals surface area contributed by atoms with Gasteiger partial charge in [-0.3, -0.25) is 4.90 Å². The van der Waals surface area contributed by atoms with E-state index >= 15 is 0 Å². The summed E-state index contributed by atoms with van der Waals surface area (Å²) in [6, 6.07) is 17.3. The molecule has 7 heteroatoms. The summed E-state index contributed by atoms with van der Waals surface area (Å²) in [6.45, 7) is 6.67. The molecule has 0 unspecified atom stereocenters. The van der Waals surface area contributed by atoms with Crippen molar-refractivity contribution < 1.29 is 4.39 Å². The van der Waals surface area contributed by atoms with Gasteiger partial charge in [0.15, 0.2) is 5.82 Å². The summed E-state index contributed by atoms with van der Waals surface area (Å²) < 4.78 is 15.1. The first-order chi connectivity index (χ1) is 14.2. The highest BCUT2D eigenvalue weighted by molar-refractivity contribution is 5.46. The van der Waals surface area contributed by atoms with E-state index in [-0.39, 0.29) is 11.9 Å². The fourth-order valence-corrected chi connectivity index (χ4v) is 4.00. The summed E-state index contributed by atoms with van der Waals surface area (Å²) in [5.41, 5.74) is 2.27.